The van der Waals surface area contributed by atoms with Crippen LogP contribution in [0.25, 0.3) is 0 Å². The maximum absolute atomic E-state index is 12.0. The molecule has 2 saturated heterocycles. The number of rotatable bonds is 5. The Balaban J connectivity index is 0.00000171. The number of benzene rings is 2. The fraction of sp³-hybridized carbons (Fsp3) is 0.480. The third-order valence-corrected chi connectivity index (χ3v) is 6.70. The van der Waals surface area contributed by atoms with Crippen LogP contribution in [0.3, 0.4) is 0 Å². The molecule has 2 atom stereocenters. The molecule has 0 saturated carbocycles. The Labute approximate surface area is 199 Å². The Kier molecular flexibility index (Phi) is 9.83. The first-order valence-electron chi connectivity index (χ1n) is 11.0. The van der Waals surface area contributed by atoms with Crippen LogP contribution >= 0.6 is 24.8 Å². The number of nitrogens with zero attached hydrogens (tertiary/aromatic N) is 1. The molecule has 170 valence electrons. The van der Waals surface area contributed by atoms with E-state index in [4.69, 9.17) is 0 Å². The predicted molar refractivity (Wildman–Crippen MR) is 132 cm³/mol. The van der Waals surface area contributed by atoms with Crippen molar-refractivity contribution >= 4 is 30.7 Å². The van der Waals surface area contributed by atoms with Gasteiger partial charge in [-0.3, -0.25) is 4.79 Å². The van der Waals surface area contributed by atoms with Gasteiger partial charge in [0.15, 0.2) is 0 Å². The van der Waals surface area contributed by atoms with Gasteiger partial charge in [-0.1, -0.05) is 60.7 Å². The molecule has 2 N–H and O–H groups in total. The summed E-state index contributed by atoms with van der Waals surface area (Å²) in [7, 11) is 0. The molecular formula is C25H35Cl2N3O. The smallest absolute Gasteiger partial charge is 0.217 e. The van der Waals surface area contributed by atoms with E-state index in [9.17, 15) is 4.79 Å². The van der Waals surface area contributed by atoms with Crippen LogP contribution in [-0.4, -0.2) is 42.5 Å². The molecule has 0 aliphatic carbocycles. The molecule has 0 aromatic heterocycles. The standard InChI is InChI=1S/C25H33N3O.2ClH/c1-20(29)27-25(22-10-6-3-7-11-22)13-16-28(17-14-25)24-12-15-26-23(19-24)18-21-8-4-2-5-9-21;;/h2-11,23-24,26H,12-19H2,1H3,(H,27,29);2*1H/t23-,24-;;/m0../s1. The number of halogens is 2. The lowest BCUT2D eigenvalue weighted by Gasteiger charge is -2.47. The third kappa shape index (κ3) is 6.45. The van der Waals surface area contributed by atoms with Gasteiger partial charge in [0.2, 0.25) is 5.91 Å². The molecule has 0 unspecified atom stereocenters. The van der Waals surface area contributed by atoms with Gasteiger partial charge < -0.3 is 15.5 Å². The van der Waals surface area contributed by atoms with Gasteiger partial charge in [0.1, 0.15) is 0 Å². The van der Waals surface area contributed by atoms with Crippen molar-refractivity contribution in [3.8, 4) is 0 Å². The number of hydrogen-bond donors (Lipinski definition) is 2. The van der Waals surface area contributed by atoms with Crippen molar-refractivity contribution < 1.29 is 4.79 Å². The predicted octanol–water partition coefficient (Wildman–Crippen LogP) is 4.32. The molecule has 2 fully saturated rings. The van der Waals surface area contributed by atoms with E-state index >= 15 is 0 Å². The van der Waals surface area contributed by atoms with Gasteiger partial charge >= 0.3 is 0 Å². The Morgan fingerprint density at radius 2 is 1.65 bits per heavy atom. The minimum absolute atomic E-state index is 0. The van der Waals surface area contributed by atoms with Crippen molar-refractivity contribution in [1.82, 2.24) is 15.5 Å². The summed E-state index contributed by atoms with van der Waals surface area (Å²) in [6, 6.07) is 22.5. The number of amides is 1. The van der Waals surface area contributed by atoms with E-state index in [2.05, 4.69) is 70.1 Å². The van der Waals surface area contributed by atoms with Gasteiger partial charge in [0.05, 0.1) is 5.54 Å². The number of hydrogen-bond acceptors (Lipinski definition) is 3. The Hall–Kier alpha value is -1.59. The second-order valence-corrected chi connectivity index (χ2v) is 8.68. The van der Waals surface area contributed by atoms with Crippen LogP contribution in [0.15, 0.2) is 60.7 Å². The highest BCUT2D eigenvalue weighted by atomic mass is 35.5. The number of likely N-dealkylation sites (tertiary alicyclic amines) is 1. The zero-order valence-electron chi connectivity index (χ0n) is 18.3. The molecule has 2 heterocycles. The highest BCUT2D eigenvalue weighted by molar-refractivity contribution is 5.85. The first-order valence-corrected chi connectivity index (χ1v) is 11.0. The van der Waals surface area contributed by atoms with E-state index in [0.717, 1.165) is 38.9 Å². The van der Waals surface area contributed by atoms with Crippen LogP contribution in [0.4, 0.5) is 0 Å². The number of nitrogens with one attached hydrogen (secondary N) is 2. The van der Waals surface area contributed by atoms with E-state index in [-0.39, 0.29) is 36.3 Å². The Morgan fingerprint density at radius 3 is 2.26 bits per heavy atom. The molecule has 6 heteroatoms. The molecule has 2 aliphatic heterocycles. The van der Waals surface area contributed by atoms with Crippen LogP contribution in [-0.2, 0) is 16.8 Å². The highest BCUT2D eigenvalue weighted by Gasteiger charge is 2.39. The largest absolute Gasteiger partial charge is 0.347 e. The average Bonchev–Trinajstić information content (AvgIpc) is 2.75. The number of carbonyl (C=O) groups is 1. The SMILES string of the molecule is CC(=O)NC1(c2ccccc2)CCN([C@H]2CCN[C@@H](Cc3ccccc3)C2)CC1.Cl.Cl. The maximum atomic E-state index is 12.0. The fourth-order valence-corrected chi connectivity index (χ4v) is 5.22. The van der Waals surface area contributed by atoms with Crippen LogP contribution in [0, 0.1) is 0 Å². The zero-order valence-corrected chi connectivity index (χ0v) is 19.9. The maximum Gasteiger partial charge on any atom is 0.217 e. The van der Waals surface area contributed by atoms with Crippen LogP contribution in [0.2, 0.25) is 0 Å². The third-order valence-electron chi connectivity index (χ3n) is 6.70. The quantitative estimate of drug-likeness (QED) is 0.693. The Bertz CT molecular complexity index is 795. The van der Waals surface area contributed by atoms with Crippen molar-refractivity contribution in [3.05, 3.63) is 71.8 Å². The summed E-state index contributed by atoms with van der Waals surface area (Å²) in [4.78, 5) is 14.6. The highest BCUT2D eigenvalue weighted by Crippen LogP contribution is 2.35. The topological polar surface area (TPSA) is 44.4 Å². The van der Waals surface area contributed by atoms with Crippen molar-refractivity contribution in [3.63, 3.8) is 0 Å². The fourth-order valence-electron chi connectivity index (χ4n) is 5.22. The number of carbonyl (C=O) groups excluding carboxylic acids is 1. The normalized spacial score (nSPS) is 23.1. The van der Waals surface area contributed by atoms with Gasteiger partial charge in [0, 0.05) is 32.1 Å². The summed E-state index contributed by atoms with van der Waals surface area (Å²) in [6.07, 6.45) is 5.47. The lowest BCUT2D eigenvalue weighted by atomic mass is 9.79. The van der Waals surface area contributed by atoms with E-state index < -0.39 is 0 Å². The van der Waals surface area contributed by atoms with Gasteiger partial charge in [-0.05, 0) is 49.8 Å². The number of piperidine rings is 2. The molecule has 4 nitrogen and oxygen atoms in total. The molecule has 1 amide bonds. The van der Waals surface area contributed by atoms with Gasteiger partial charge in [-0.25, -0.2) is 0 Å². The van der Waals surface area contributed by atoms with Crippen molar-refractivity contribution in [2.45, 2.75) is 56.7 Å². The first-order chi connectivity index (χ1) is 14.1. The summed E-state index contributed by atoms with van der Waals surface area (Å²) >= 11 is 0. The molecular weight excluding hydrogens is 429 g/mol. The van der Waals surface area contributed by atoms with E-state index in [1.165, 1.54) is 24.0 Å². The molecule has 4 rings (SSSR count). The summed E-state index contributed by atoms with van der Waals surface area (Å²) in [5.41, 5.74) is 2.43. The minimum atomic E-state index is -0.222. The first kappa shape index (κ1) is 25.7. The van der Waals surface area contributed by atoms with E-state index in [1.807, 2.05) is 6.07 Å². The van der Waals surface area contributed by atoms with Gasteiger partial charge in [0.25, 0.3) is 0 Å². The average molecular weight is 464 g/mol. The van der Waals surface area contributed by atoms with E-state index in [1.54, 1.807) is 6.92 Å². The summed E-state index contributed by atoms with van der Waals surface area (Å²) in [6.45, 7) is 4.81. The molecule has 2 aromatic carbocycles. The molecule has 0 radical (unpaired) electrons. The zero-order chi connectivity index (χ0) is 20.1. The van der Waals surface area contributed by atoms with Crippen molar-refractivity contribution in [1.29, 1.82) is 0 Å². The van der Waals surface area contributed by atoms with Crippen molar-refractivity contribution in [2.75, 3.05) is 19.6 Å². The molecule has 2 aliphatic rings. The summed E-state index contributed by atoms with van der Waals surface area (Å²) in [5, 5.41) is 7.02. The molecule has 31 heavy (non-hydrogen) atoms. The molecule has 2 aromatic rings. The second-order valence-electron chi connectivity index (χ2n) is 8.68. The summed E-state index contributed by atoms with van der Waals surface area (Å²) < 4.78 is 0. The minimum Gasteiger partial charge on any atom is -0.347 e. The molecule has 0 bridgehead atoms. The lowest BCUT2D eigenvalue weighted by molar-refractivity contribution is -0.121. The monoisotopic (exact) mass is 463 g/mol. The van der Waals surface area contributed by atoms with Crippen LogP contribution in [0.5, 0.6) is 0 Å². The van der Waals surface area contributed by atoms with Gasteiger partial charge in [-0.15, -0.1) is 24.8 Å². The van der Waals surface area contributed by atoms with Crippen LogP contribution < -0.4 is 10.6 Å². The second kappa shape index (κ2) is 11.9. The lowest BCUT2D eigenvalue weighted by Crippen LogP contribution is -2.56. The van der Waals surface area contributed by atoms with Crippen molar-refractivity contribution in [2.24, 2.45) is 0 Å². The van der Waals surface area contributed by atoms with E-state index in [0.29, 0.717) is 12.1 Å². The molecule has 0 spiro atoms. The Morgan fingerprint density at radius 1 is 1.03 bits per heavy atom. The van der Waals surface area contributed by atoms with Crippen LogP contribution in [0.1, 0.15) is 43.7 Å². The summed E-state index contributed by atoms with van der Waals surface area (Å²) in [5.74, 6) is 0.0621. The van der Waals surface area contributed by atoms with Gasteiger partial charge in [-0.2, -0.15) is 0 Å².